The quantitative estimate of drug-likeness (QED) is 0.828. The predicted octanol–water partition coefficient (Wildman–Crippen LogP) is 2.65. The zero-order valence-corrected chi connectivity index (χ0v) is 12.4. The molecule has 0 aromatic carbocycles. The number of hydrogen-bond acceptors (Lipinski definition) is 3. The average molecular weight is 354 g/mol. The zero-order chi connectivity index (χ0) is 12.2. The van der Waals surface area contributed by atoms with Crippen LogP contribution in [-0.4, -0.2) is 27.3 Å². The summed E-state index contributed by atoms with van der Waals surface area (Å²) in [6, 6.07) is 1.62. The van der Waals surface area contributed by atoms with E-state index in [4.69, 9.17) is 4.52 Å². The van der Waals surface area contributed by atoms with Gasteiger partial charge in [0.05, 0.1) is 11.2 Å². The summed E-state index contributed by atoms with van der Waals surface area (Å²) in [4.78, 5) is 11.9. The Morgan fingerprint density at radius 2 is 2.19 bits per heavy atom. The van der Waals surface area contributed by atoms with Crippen molar-refractivity contribution in [1.82, 2.24) is 10.5 Å². The Labute approximate surface area is 111 Å². The summed E-state index contributed by atoms with van der Waals surface area (Å²) in [5, 5.41) is 7.99. The van der Waals surface area contributed by atoms with Crippen molar-refractivity contribution in [2.75, 3.05) is 10.7 Å². The third-order valence-corrected chi connectivity index (χ3v) is 4.57. The first-order valence-electron chi connectivity index (χ1n) is 4.94. The molecule has 0 saturated heterocycles. The Bertz CT molecular complexity index is 353. The van der Waals surface area contributed by atoms with Crippen molar-refractivity contribution in [3.05, 3.63) is 17.5 Å². The highest BCUT2D eigenvalue weighted by Crippen LogP contribution is 2.18. The molecule has 1 aromatic heterocycles. The molecular weight excluding hydrogens is 340 g/mol. The van der Waals surface area contributed by atoms with Crippen LogP contribution in [0, 0.1) is 6.92 Å². The fourth-order valence-electron chi connectivity index (χ4n) is 1.15. The molecule has 0 aliphatic rings. The van der Waals surface area contributed by atoms with E-state index >= 15 is 0 Å². The monoisotopic (exact) mass is 352 g/mol. The molecule has 0 unspecified atom stereocenters. The van der Waals surface area contributed by atoms with E-state index in [1.54, 1.807) is 13.0 Å². The molecule has 6 heteroatoms. The van der Waals surface area contributed by atoms with Crippen LogP contribution in [0.1, 0.15) is 29.6 Å². The lowest BCUT2D eigenvalue weighted by Crippen LogP contribution is -2.51. The van der Waals surface area contributed by atoms with Gasteiger partial charge in [-0.25, -0.2) is 0 Å². The highest BCUT2D eigenvalue weighted by molar-refractivity contribution is 9.09. The molecule has 0 bridgehead atoms. The minimum atomic E-state index is -0.294. The molecule has 1 heterocycles. The predicted molar refractivity (Wildman–Crippen MR) is 69.3 cm³/mol. The highest BCUT2D eigenvalue weighted by atomic mass is 79.9. The standard InChI is InChI=1S/C10H14Br2N2O2/c1-3-10(5-11,6-12)13-9(15)8-4-7(2)14-16-8/h4H,3,5-6H2,1-2H3,(H,13,15). The third-order valence-electron chi connectivity index (χ3n) is 2.42. The van der Waals surface area contributed by atoms with Crippen LogP contribution in [0.15, 0.2) is 10.6 Å². The second-order valence-electron chi connectivity index (χ2n) is 3.69. The Morgan fingerprint density at radius 3 is 2.56 bits per heavy atom. The number of aryl methyl sites for hydroxylation is 1. The number of carbonyl (C=O) groups excluding carboxylic acids is 1. The molecule has 90 valence electrons. The van der Waals surface area contributed by atoms with Gasteiger partial charge in [-0.05, 0) is 13.3 Å². The Kier molecular flexibility index (Phi) is 4.98. The zero-order valence-electron chi connectivity index (χ0n) is 9.22. The molecular formula is C10H14Br2N2O2. The third kappa shape index (κ3) is 3.07. The molecule has 1 amide bonds. The molecule has 1 aromatic rings. The maximum atomic E-state index is 11.9. The van der Waals surface area contributed by atoms with Gasteiger partial charge >= 0.3 is 0 Å². The lowest BCUT2D eigenvalue weighted by molar-refractivity contribution is 0.0877. The number of hydrogen-bond donors (Lipinski definition) is 1. The minimum absolute atomic E-state index is 0.235. The van der Waals surface area contributed by atoms with Crippen molar-refractivity contribution in [2.24, 2.45) is 0 Å². The summed E-state index contributed by atoms with van der Waals surface area (Å²) < 4.78 is 4.91. The molecule has 0 atom stereocenters. The first-order valence-corrected chi connectivity index (χ1v) is 7.19. The van der Waals surface area contributed by atoms with Crippen molar-refractivity contribution in [2.45, 2.75) is 25.8 Å². The largest absolute Gasteiger partial charge is 0.351 e. The number of rotatable bonds is 5. The summed E-state index contributed by atoms with van der Waals surface area (Å²) >= 11 is 6.82. The normalized spacial score (nSPS) is 11.5. The van der Waals surface area contributed by atoms with Gasteiger partial charge in [-0.2, -0.15) is 0 Å². The molecule has 1 N–H and O–H groups in total. The smallest absolute Gasteiger partial charge is 0.290 e. The number of amides is 1. The summed E-state index contributed by atoms with van der Waals surface area (Å²) in [5.41, 5.74) is 0.405. The lowest BCUT2D eigenvalue weighted by Gasteiger charge is -2.29. The van der Waals surface area contributed by atoms with Crippen LogP contribution in [0.2, 0.25) is 0 Å². The first-order chi connectivity index (χ1) is 7.56. The van der Waals surface area contributed by atoms with Gasteiger partial charge in [0.25, 0.3) is 5.91 Å². The molecule has 1 rings (SSSR count). The van der Waals surface area contributed by atoms with E-state index in [0.717, 1.165) is 6.42 Å². The maximum Gasteiger partial charge on any atom is 0.290 e. The van der Waals surface area contributed by atoms with Crippen LogP contribution in [0.25, 0.3) is 0 Å². The van der Waals surface area contributed by atoms with Crippen molar-refractivity contribution in [3.63, 3.8) is 0 Å². The summed E-state index contributed by atoms with van der Waals surface area (Å²) in [5.74, 6) is 0.0126. The first kappa shape index (κ1) is 13.7. The molecule has 0 spiro atoms. The number of nitrogens with one attached hydrogen (secondary N) is 1. The molecule has 16 heavy (non-hydrogen) atoms. The van der Waals surface area contributed by atoms with Crippen LogP contribution in [-0.2, 0) is 0 Å². The topological polar surface area (TPSA) is 55.1 Å². The van der Waals surface area contributed by atoms with Gasteiger partial charge in [0.15, 0.2) is 0 Å². The number of nitrogens with zero attached hydrogens (tertiary/aromatic N) is 1. The highest BCUT2D eigenvalue weighted by Gasteiger charge is 2.29. The Morgan fingerprint density at radius 1 is 1.56 bits per heavy atom. The molecule has 0 radical (unpaired) electrons. The molecule has 0 aliphatic heterocycles. The van der Waals surface area contributed by atoms with Crippen LogP contribution in [0.3, 0.4) is 0 Å². The summed E-state index contributed by atoms with van der Waals surface area (Å²) in [7, 11) is 0. The second-order valence-corrected chi connectivity index (χ2v) is 4.81. The van der Waals surface area contributed by atoms with Gasteiger partial charge in [-0.1, -0.05) is 43.9 Å². The van der Waals surface area contributed by atoms with Crippen molar-refractivity contribution in [3.8, 4) is 0 Å². The van der Waals surface area contributed by atoms with Crippen LogP contribution >= 0.6 is 31.9 Å². The van der Waals surface area contributed by atoms with E-state index in [0.29, 0.717) is 16.4 Å². The average Bonchev–Trinajstić information content (AvgIpc) is 2.73. The van der Waals surface area contributed by atoms with Crippen molar-refractivity contribution >= 4 is 37.8 Å². The van der Waals surface area contributed by atoms with E-state index in [9.17, 15) is 4.79 Å². The number of halogens is 2. The SMILES string of the molecule is CCC(CBr)(CBr)NC(=O)c1cc(C)no1. The molecule has 0 fully saturated rings. The fourth-order valence-corrected chi connectivity index (χ4v) is 3.15. The molecule has 0 saturated carbocycles. The fraction of sp³-hybridized carbons (Fsp3) is 0.600. The van der Waals surface area contributed by atoms with Gasteiger partial charge in [-0.3, -0.25) is 4.79 Å². The van der Waals surface area contributed by atoms with Crippen LogP contribution in [0.4, 0.5) is 0 Å². The van der Waals surface area contributed by atoms with E-state index in [1.807, 2.05) is 6.92 Å². The lowest BCUT2D eigenvalue weighted by atomic mass is 10.0. The van der Waals surface area contributed by atoms with Crippen LogP contribution < -0.4 is 5.32 Å². The number of alkyl halides is 2. The Balaban J connectivity index is 2.76. The van der Waals surface area contributed by atoms with E-state index in [1.165, 1.54) is 0 Å². The van der Waals surface area contributed by atoms with Crippen molar-refractivity contribution < 1.29 is 9.32 Å². The number of carbonyl (C=O) groups is 1. The molecule has 0 aliphatic carbocycles. The summed E-state index contributed by atoms with van der Waals surface area (Å²) in [6.07, 6.45) is 0.822. The summed E-state index contributed by atoms with van der Waals surface area (Å²) in [6.45, 7) is 3.80. The van der Waals surface area contributed by atoms with Crippen molar-refractivity contribution in [1.29, 1.82) is 0 Å². The Hall–Kier alpha value is -0.360. The molecule has 4 nitrogen and oxygen atoms in total. The van der Waals surface area contributed by atoms with Gasteiger partial charge < -0.3 is 9.84 Å². The van der Waals surface area contributed by atoms with E-state index in [2.05, 4.69) is 42.3 Å². The van der Waals surface area contributed by atoms with Gasteiger partial charge in [0.1, 0.15) is 0 Å². The van der Waals surface area contributed by atoms with Gasteiger partial charge in [0.2, 0.25) is 5.76 Å². The maximum absolute atomic E-state index is 11.9. The number of aromatic nitrogens is 1. The minimum Gasteiger partial charge on any atom is -0.351 e. The van der Waals surface area contributed by atoms with E-state index in [-0.39, 0.29) is 17.2 Å². The van der Waals surface area contributed by atoms with Crippen LogP contribution in [0.5, 0.6) is 0 Å². The van der Waals surface area contributed by atoms with Gasteiger partial charge in [0, 0.05) is 16.7 Å². The van der Waals surface area contributed by atoms with Gasteiger partial charge in [-0.15, -0.1) is 0 Å². The van der Waals surface area contributed by atoms with E-state index < -0.39 is 0 Å². The second kappa shape index (κ2) is 5.82.